The van der Waals surface area contributed by atoms with E-state index in [0.717, 1.165) is 43.5 Å². The third-order valence-electron chi connectivity index (χ3n) is 9.31. The molecule has 2 aromatic rings. The minimum atomic E-state index is 0.962. The predicted octanol–water partition coefficient (Wildman–Crippen LogP) is 13.4. The maximum absolute atomic E-state index is 12.0. The number of hydrogen-bond acceptors (Lipinski definition) is 0. The van der Waals surface area contributed by atoms with Gasteiger partial charge in [-0.3, -0.25) is 0 Å². The van der Waals surface area contributed by atoms with Gasteiger partial charge < -0.3 is 5.53 Å². The first-order valence-corrected chi connectivity index (χ1v) is 18.7. The Morgan fingerprint density at radius 2 is 0.818 bits per heavy atom. The van der Waals surface area contributed by atoms with E-state index < -0.39 is 0 Å². The molecule has 0 radical (unpaired) electrons. The molecule has 2 heteroatoms. The topological polar surface area (TPSA) is 25.3 Å². The average Bonchev–Trinajstić information content (AvgIpc) is 3.36. The predicted molar refractivity (Wildman–Crippen MR) is 193 cm³/mol. The van der Waals surface area contributed by atoms with Crippen LogP contribution in [0.25, 0.3) is 16.9 Å². The Morgan fingerprint density at radius 1 is 0.432 bits per heavy atom. The molecule has 0 aromatic heterocycles. The molecule has 0 saturated heterocycles. The maximum atomic E-state index is 12.0. The van der Waals surface area contributed by atoms with Gasteiger partial charge >= 0.3 is 0 Å². The van der Waals surface area contributed by atoms with Gasteiger partial charge in [-0.05, 0) is 111 Å². The molecule has 3 rings (SSSR count). The third kappa shape index (κ3) is 11.5. The Kier molecular flexibility index (Phi) is 16.8. The molecule has 2 aromatic carbocycles. The highest BCUT2D eigenvalue weighted by Gasteiger charge is 2.29. The van der Waals surface area contributed by atoms with Gasteiger partial charge in [-0.1, -0.05) is 117 Å². The minimum absolute atomic E-state index is 0.962. The number of rotatable bonds is 23. The summed E-state index contributed by atoms with van der Waals surface area (Å²) < 4.78 is 1.57. The molecule has 44 heavy (non-hydrogen) atoms. The molecule has 1 aliphatic heterocycles. The quantitative estimate of drug-likeness (QED) is 0.0900. The summed E-state index contributed by atoms with van der Waals surface area (Å²) in [5, 5.41) is 0. The Hall–Kier alpha value is -2.48. The van der Waals surface area contributed by atoms with Crippen LogP contribution >= 0.6 is 0 Å². The normalized spacial score (nSPS) is 13.3. The molecule has 0 spiro atoms. The van der Waals surface area contributed by atoms with Gasteiger partial charge in [-0.25, -0.2) is 4.70 Å². The van der Waals surface area contributed by atoms with Crippen LogP contribution in [-0.2, 0) is 25.7 Å². The molecule has 0 amide bonds. The fourth-order valence-corrected chi connectivity index (χ4v) is 6.66. The van der Waals surface area contributed by atoms with Crippen molar-refractivity contribution in [1.29, 1.82) is 0 Å². The van der Waals surface area contributed by atoms with Crippen LogP contribution in [-0.4, -0.2) is 4.70 Å². The van der Waals surface area contributed by atoms with E-state index in [1.807, 2.05) is 0 Å². The molecule has 0 bridgehead atoms. The van der Waals surface area contributed by atoms with Gasteiger partial charge in [0.05, 0.1) is 0 Å². The van der Waals surface area contributed by atoms with E-state index in [-0.39, 0.29) is 0 Å². The number of nitrogens with zero attached hydrogens (tertiary/aromatic N) is 2. The number of aryl methyl sites for hydroxylation is 4. The summed E-state index contributed by atoms with van der Waals surface area (Å²) >= 11 is 0. The molecule has 0 fully saturated rings. The molecule has 1 heterocycles. The Balaban J connectivity index is 2.01. The summed E-state index contributed by atoms with van der Waals surface area (Å²) in [6, 6.07) is 14.3. The second-order valence-corrected chi connectivity index (χ2v) is 13.4. The van der Waals surface area contributed by atoms with Crippen LogP contribution in [0.4, 0.5) is 0 Å². The third-order valence-corrected chi connectivity index (χ3v) is 9.31. The summed E-state index contributed by atoms with van der Waals surface area (Å²) in [5.74, 6) is 0. The van der Waals surface area contributed by atoms with Crippen molar-refractivity contribution >= 4 is 11.4 Å². The summed E-state index contributed by atoms with van der Waals surface area (Å²) in [7, 11) is 0. The van der Waals surface area contributed by atoms with E-state index in [1.165, 1.54) is 142 Å². The van der Waals surface area contributed by atoms with Crippen molar-refractivity contribution in [1.82, 2.24) is 0 Å². The zero-order valence-electron chi connectivity index (χ0n) is 29.3. The molecule has 0 unspecified atom stereocenters. The smallest absolute Gasteiger partial charge is 0.210 e. The Morgan fingerprint density at radius 3 is 1.32 bits per heavy atom. The van der Waals surface area contributed by atoms with E-state index in [9.17, 15) is 5.53 Å². The van der Waals surface area contributed by atoms with Gasteiger partial charge in [0.25, 0.3) is 0 Å². The van der Waals surface area contributed by atoms with Crippen LogP contribution in [0.2, 0.25) is 0 Å². The van der Waals surface area contributed by atoms with Crippen molar-refractivity contribution < 1.29 is 4.70 Å². The van der Waals surface area contributed by atoms with Crippen molar-refractivity contribution in [3.8, 4) is 0 Å². The second-order valence-electron chi connectivity index (χ2n) is 13.4. The SMILES string of the molecule is CCCCCCCCC1=C(c2cc(CCCC)cc(CCCC)c2)[N+](=[N-])C(c2cc(CCCCC)cc(CCCCC)c2)=C1. The van der Waals surface area contributed by atoms with Crippen LogP contribution in [0.1, 0.15) is 177 Å². The molecule has 0 saturated carbocycles. The highest BCUT2D eigenvalue weighted by atomic mass is 15.2. The molecular weight excluding hydrogens is 532 g/mol. The second kappa shape index (κ2) is 20.5. The van der Waals surface area contributed by atoms with Crippen LogP contribution in [0.15, 0.2) is 48.0 Å². The lowest BCUT2D eigenvalue weighted by molar-refractivity contribution is -0.344. The fourth-order valence-electron chi connectivity index (χ4n) is 6.66. The molecule has 242 valence electrons. The van der Waals surface area contributed by atoms with Crippen molar-refractivity contribution in [3.63, 3.8) is 0 Å². The summed E-state index contributed by atoms with van der Waals surface area (Å²) in [5.41, 5.74) is 23.4. The van der Waals surface area contributed by atoms with E-state index in [0.29, 0.717) is 0 Å². The van der Waals surface area contributed by atoms with Gasteiger partial charge in [0.2, 0.25) is 11.4 Å². The molecule has 2 nitrogen and oxygen atoms in total. The largest absolute Gasteiger partial charge is 0.493 e. The van der Waals surface area contributed by atoms with Crippen molar-refractivity contribution in [2.24, 2.45) is 0 Å². The lowest BCUT2D eigenvalue weighted by atomic mass is 9.95. The van der Waals surface area contributed by atoms with Gasteiger partial charge in [-0.2, -0.15) is 0 Å². The van der Waals surface area contributed by atoms with Crippen LogP contribution in [0.3, 0.4) is 0 Å². The molecule has 0 atom stereocenters. The standard InChI is InChI=1S/C42H64N2/c1-6-11-16-17-18-21-26-38-33-41(39-29-36(24-19-12-7-2)28-37(30-39)25-20-13-8-3)44(43)42(38)40-31-34(22-14-9-4)27-35(32-40)23-15-10-5/h27-33H,6-26H2,1-5H3. The van der Waals surface area contributed by atoms with Crippen LogP contribution in [0, 0.1) is 0 Å². The van der Waals surface area contributed by atoms with Gasteiger partial charge in [0.1, 0.15) is 0 Å². The molecule has 0 N–H and O–H groups in total. The first kappa shape index (κ1) is 36.0. The van der Waals surface area contributed by atoms with E-state index in [4.69, 9.17) is 0 Å². The lowest BCUT2D eigenvalue weighted by Crippen LogP contribution is -2.05. The van der Waals surface area contributed by atoms with E-state index >= 15 is 0 Å². The zero-order valence-corrected chi connectivity index (χ0v) is 29.3. The van der Waals surface area contributed by atoms with E-state index in [1.54, 1.807) is 4.70 Å². The number of allylic oxidation sites excluding steroid dienone is 2. The molecule has 0 aliphatic carbocycles. The number of unbranched alkanes of at least 4 members (excludes halogenated alkanes) is 11. The summed E-state index contributed by atoms with van der Waals surface area (Å²) in [6.07, 6.45) is 27.8. The van der Waals surface area contributed by atoms with Gasteiger partial charge in [-0.15, -0.1) is 0 Å². The maximum Gasteiger partial charge on any atom is 0.210 e. The number of benzene rings is 2. The van der Waals surface area contributed by atoms with Crippen molar-refractivity contribution in [2.75, 3.05) is 0 Å². The zero-order chi connectivity index (χ0) is 31.6. The van der Waals surface area contributed by atoms with E-state index in [2.05, 4.69) is 77.1 Å². The first-order valence-electron chi connectivity index (χ1n) is 18.7. The van der Waals surface area contributed by atoms with Crippen molar-refractivity contribution in [3.05, 3.63) is 87.0 Å². The van der Waals surface area contributed by atoms with Gasteiger partial charge in [0.15, 0.2) is 0 Å². The Labute approximate surface area is 271 Å². The summed E-state index contributed by atoms with van der Waals surface area (Å²) in [6.45, 7) is 11.4. The fraction of sp³-hybridized carbons (Fsp3) is 0.619. The van der Waals surface area contributed by atoms with Crippen molar-refractivity contribution in [2.45, 2.75) is 169 Å². The molecular formula is C42H64N2. The average molecular weight is 597 g/mol. The first-order chi connectivity index (χ1) is 21.5. The Bertz CT molecular complexity index is 1160. The van der Waals surface area contributed by atoms with Crippen LogP contribution < -0.4 is 0 Å². The highest BCUT2D eigenvalue weighted by Crippen LogP contribution is 2.39. The number of hydrogen-bond donors (Lipinski definition) is 0. The minimum Gasteiger partial charge on any atom is -0.493 e. The lowest BCUT2D eigenvalue weighted by Gasteiger charge is -2.14. The molecule has 1 aliphatic rings. The van der Waals surface area contributed by atoms with Gasteiger partial charge in [0, 0.05) is 22.8 Å². The van der Waals surface area contributed by atoms with Crippen LogP contribution in [0.5, 0.6) is 0 Å². The highest BCUT2D eigenvalue weighted by molar-refractivity contribution is 5.79. The monoisotopic (exact) mass is 597 g/mol. The summed E-state index contributed by atoms with van der Waals surface area (Å²) in [4.78, 5) is 0.